The molecule has 1 aliphatic heterocycles. The summed E-state index contributed by atoms with van der Waals surface area (Å²) in [6.07, 6.45) is 0.530. The Morgan fingerprint density at radius 2 is 1.90 bits per heavy atom. The highest BCUT2D eigenvalue weighted by atomic mass is 16.3. The summed E-state index contributed by atoms with van der Waals surface area (Å²) in [5.74, 6) is 0. The van der Waals surface area contributed by atoms with Crippen LogP contribution in [0.15, 0.2) is 42.5 Å². The molecule has 2 nitrogen and oxygen atoms in total. The summed E-state index contributed by atoms with van der Waals surface area (Å²) in [6, 6.07) is 14.6. The molecule has 0 aromatic heterocycles. The Kier molecular flexibility index (Phi) is 3.60. The fourth-order valence-corrected chi connectivity index (χ4v) is 2.96. The van der Waals surface area contributed by atoms with Crippen LogP contribution >= 0.6 is 0 Å². The van der Waals surface area contributed by atoms with Crippen LogP contribution in [0.3, 0.4) is 0 Å². The lowest BCUT2D eigenvalue weighted by Crippen LogP contribution is -2.33. The Balaban J connectivity index is 1.95. The molecule has 0 fully saturated rings. The largest absolute Gasteiger partial charge is 0.386 e. The monoisotopic (exact) mass is 267 g/mol. The van der Waals surface area contributed by atoms with E-state index in [0.29, 0.717) is 0 Å². The van der Waals surface area contributed by atoms with Crippen LogP contribution < -0.4 is 5.32 Å². The zero-order valence-corrected chi connectivity index (χ0v) is 12.1. The number of rotatable bonds is 2. The third-order valence-corrected chi connectivity index (χ3v) is 4.34. The van der Waals surface area contributed by atoms with Gasteiger partial charge in [0.25, 0.3) is 0 Å². The highest BCUT2D eigenvalue weighted by Gasteiger charge is 2.27. The second-order valence-electron chi connectivity index (χ2n) is 5.67. The Morgan fingerprint density at radius 1 is 1.10 bits per heavy atom. The lowest BCUT2D eigenvalue weighted by atomic mass is 9.88. The molecule has 0 amide bonds. The van der Waals surface area contributed by atoms with Gasteiger partial charge >= 0.3 is 0 Å². The molecule has 0 bridgehead atoms. The second-order valence-corrected chi connectivity index (χ2v) is 5.67. The van der Waals surface area contributed by atoms with Crippen molar-refractivity contribution in [2.75, 3.05) is 6.54 Å². The zero-order valence-electron chi connectivity index (χ0n) is 12.1. The molecule has 2 aromatic rings. The minimum atomic E-state index is -0.504. The summed E-state index contributed by atoms with van der Waals surface area (Å²) in [5.41, 5.74) is 6.05. The van der Waals surface area contributed by atoms with E-state index in [0.717, 1.165) is 18.5 Å². The van der Waals surface area contributed by atoms with Crippen LogP contribution in [-0.4, -0.2) is 11.7 Å². The average Bonchev–Trinajstić information content (AvgIpc) is 2.49. The van der Waals surface area contributed by atoms with E-state index in [1.807, 2.05) is 12.1 Å². The molecule has 1 heterocycles. The van der Waals surface area contributed by atoms with Crippen molar-refractivity contribution >= 4 is 0 Å². The Morgan fingerprint density at radius 3 is 2.70 bits per heavy atom. The number of hydrogen-bond acceptors (Lipinski definition) is 2. The number of fused-ring (bicyclic) bond motifs is 1. The van der Waals surface area contributed by atoms with E-state index in [4.69, 9.17) is 0 Å². The van der Waals surface area contributed by atoms with Crippen molar-refractivity contribution in [3.63, 3.8) is 0 Å². The van der Waals surface area contributed by atoms with Crippen LogP contribution in [0.25, 0.3) is 0 Å². The van der Waals surface area contributed by atoms with Crippen molar-refractivity contribution < 1.29 is 5.11 Å². The molecule has 2 N–H and O–H groups in total. The first-order valence-corrected chi connectivity index (χ1v) is 7.23. The Hall–Kier alpha value is -1.64. The molecule has 2 aromatic carbocycles. The predicted octanol–water partition coefficient (Wildman–Crippen LogP) is 3.22. The number of aliphatic hydroxyl groups excluding tert-OH is 1. The molecule has 1 aliphatic rings. The van der Waals surface area contributed by atoms with Gasteiger partial charge in [-0.1, -0.05) is 42.5 Å². The van der Waals surface area contributed by atoms with Crippen molar-refractivity contribution in [2.45, 2.75) is 32.4 Å². The molecule has 0 spiro atoms. The van der Waals surface area contributed by atoms with Gasteiger partial charge in [-0.25, -0.2) is 0 Å². The fourth-order valence-electron chi connectivity index (χ4n) is 2.96. The zero-order chi connectivity index (χ0) is 14.1. The van der Waals surface area contributed by atoms with Crippen molar-refractivity contribution in [1.82, 2.24) is 5.32 Å². The van der Waals surface area contributed by atoms with E-state index in [2.05, 4.69) is 49.5 Å². The minimum Gasteiger partial charge on any atom is -0.386 e. The van der Waals surface area contributed by atoms with Gasteiger partial charge < -0.3 is 10.4 Å². The van der Waals surface area contributed by atoms with Gasteiger partial charge in [0.1, 0.15) is 0 Å². The number of nitrogens with one attached hydrogen (secondary N) is 1. The van der Waals surface area contributed by atoms with E-state index in [1.54, 1.807) is 0 Å². The summed E-state index contributed by atoms with van der Waals surface area (Å²) in [7, 11) is 0. The molecule has 0 saturated heterocycles. The molecular formula is C18H21NO. The van der Waals surface area contributed by atoms with Crippen LogP contribution in [0, 0.1) is 13.8 Å². The highest BCUT2D eigenvalue weighted by molar-refractivity contribution is 5.37. The summed E-state index contributed by atoms with van der Waals surface area (Å²) in [5, 5.41) is 14.2. The molecule has 0 aliphatic carbocycles. The van der Waals surface area contributed by atoms with Gasteiger partial charge in [0.2, 0.25) is 0 Å². The van der Waals surface area contributed by atoms with Gasteiger partial charge in [-0.2, -0.15) is 0 Å². The van der Waals surface area contributed by atoms with Crippen LogP contribution in [0.4, 0.5) is 0 Å². The van der Waals surface area contributed by atoms with Gasteiger partial charge in [-0.05, 0) is 54.6 Å². The van der Waals surface area contributed by atoms with Crippen molar-refractivity contribution in [1.29, 1.82) is 0 Å². The summed E-state index contributed by atoms with van der Waals surface area (Å²) in [4.78, 5) is 0. The number of hydrogen-bond donors (Lipinski definition) is 2. The van der Waals surface area contributed by atoms with Gasteiger partial charge in [0.15, 0.2) is 0 Å². The van der Waals surface area contributed by atoms with E-state index in [9.17, 15) is 5.11 Å². The first-order valence-electron chi connectivity index (χ1n) is 7.23. The van der Waals surface area contributed by atoms with Crippen molar-refractivity contribution in [3.05, 3.63) is 70.3 Å². The van der Waals surface area contributed by atoms with E-state index in [-0.39, 0.29) is 6.04 Å². The molecular weight excluding hydrogens is 246 g/mol. The smallest absolute Gasteiger partial charge is 0.0984 e. The Bertz CT molecular complexity index is 621. The predicted molar refractivity (Wildman–Crippen MR) is 81.8 cm³/mol. The Labute approximate surface area is 120 Å². The van der Waals surface area contributed by atoms with E-state index >= 15 is 0 Å². The average molecular weight is 267 g/mol. The van der Waals surface area contributed by atoms with Gasteiger partial charge in [0.05, 0.1) is 12.1 Å². The molecule has 104 valence electrons. The third kappa shape index (κ3) is 2.37. The molecule has 2 atom stereocenters. The van der Waals surface area contributed by atoms with Crippen LogP contribution in [0.1, 0.15) is 40.0 Å². The highest BCUT2D eigenvalue weighted by Crippen LogP contribution is 2.33. The minimum absolute atomic E-state index is 0.0120. The summed E-state index contributed by atoms with van der Waals surface area (Å²) in [6.45, 7) is 5.11. The van der Waals surface area contributed by atoms with Crippen molar-refractivity contribution in [2.24, 2.45) is 0 Å². The van der Waals surface area contributed by atoms with Crippen LogP contribution in [-0.2, 0) is 6.42 Å². The number of benzene rings is 2. The summed E-state index contributed by atoms with van der Waals surface area (Å²) < 4.78 is 0. The van der Waals surface area contributed by atoms with Crippen LogP contribution in [0.2, 0.25) is 0 Å². The van der Waals surface area contributed by atoms with Gasteiger partial charge in [0, 0.05) is 0 Å². The van der Waals surface area contributed by atoms with Crippen molar-refractivity contribution in [3.8, 4) is 0 Å². The molecule has 3 rings (SSSR count). The molecule has 2 unspecified atom stereocenters. The maximum atomic E-state index is 10.7. The molecule has 0 radical (unpaired) electrons. The SMILES string of the molecule is Cc1ccc(C(O)C2NCCc3ccccc32)cc1C. The van der Waals surface area contributed by atoms with E-state index < -0.39 is 6.10 Å². The fraction of sp³-hybridized carbons (Fsp3) is 0.333. The quantitative estimate of drug-likeness (QED) is 0.875. The lowest BCUT2D eigenvalue weighted by Gasteiger charge is -2.31. The molecule has 20 heavy (non-hydrogen) atoms. The third-order valence-electron chi connectivity index (χ3n) is 4.34. The molecule has 0 saturated carbocycles. The topological polar surface area (TPSA) is 32.3 Å². The maximum Gasteiger partial charge on any atom is 0.0984 e. The standard InChI is InChI=1S/C18H21NO/c1-12-7-8-15(11-13(12)2)18(20)17-16-6-4-3-5-14(16)9-10-19-17/h3-8,11,17-20H,9-10H2,1-2H3. The second kappa shape index (κ2) is 5.39. The maximum absolute atomic E-state index is 10.7. The first kappa shape index (κ1) is 13.3. The van der Waals surface area contributed by atoms with Crippen LogP contribution in [0.5, 0.6) is 0 Å². The van der Waals surface area contributed by atoms with Gasteiger partial charge in [-0.15, -0.1) is 0 Å². The first-order chi connectivity index (χ1) is 9.66. The number of aliphatic hydroxyl groups is 1. The van der Waals surface area contributed by atoms with Gasteiger partial charge in [-0.3, -0.25) is 0 Å². The summed E-state index contributed by atoms with van der Waals surface area (Å²) >= 11 is 0. The lowest BCUT2D eigenvalue weighted by molar-refractivity contribution is 0.125. The van der Waals surface area contributed by atoms with E-state index in [1.165, 1.54) is 22.3 Å². The molecule has 2 heteroatoms. The number of aryl methyl sites for hydroxylation is 2. The normalized spacial score (nSPS) is 19.4.